The van der Waals surface area contributed by atoms with Gasteiger partial charge in [0.05, 0.1) is 16.8 Å². The molecule has 0 bridgehead atoms. The summed E-state index contributed by atoms with van der Waals surface area (Å²) in [5.74, 6) is 4.54. The van der Waals surface area contributed by atoms with E-state index in [0.717, 1.165) is 17.9 Å². The number of rotatable bonds is 8. The van der Waals surface area contributed by atoms with E-state index in [-0.39, 0.29) is 6.42 Å². The Morgan fingerprint density at radius 3 is 2.14 bits per heavy atom. The van der Waals surface area contributed by atoms with Crippen molar-refractivity contribution in [1.82, 2.24) is 0 Å². The Morgan fingerprint density at radius 2 is 1.62 bits per heavy atom. The number of aliphatic hydroxyl groups excluding tert-OH is 3. The number of ether oxygens (including phenoxy) is 1. The van der Waals surface area contributed by atoms with Crippen LogP contribution in [0.15, 0.2) is 0 Å². The van der Waals surface area contributed by atoms with Gasteiger partial charge in [0.25, 0.3) is 0 Å². The summed E-state index contributed by atoms with van der Waals surface area (Å²) >= 11 is 3.77. The Labute approximate surface area is 136 Å². The minimum atomic E-state index is -1.20. The van der Waals surface area contributed by atoms with E-state index < -0.39 is 30.5 Å². The molecule has 122 valence electrons. The van der Waals surface area contributed by atoms with Crippen LogP contribution in [0.1, 0.15) is 33.1 Å². The lowest BCUT2D eigenvalue weighted by molar-refractivity contribution is -0.221. The summed E-state index contributed by atoms with van der Waals surface area (Å²) in [7, 11) is 0. The lowest BCUT2D eigenvalue weighted by Gasteiger charge is -2.40. The van der Waals surface area contributed by atoms with Crippen molar-refractivity contribution in [1.29, 1.82) is 0 Å². The van der Waals surface area contributed by atoms with E-state index in [1.54, 1.807) is 0 Å². The molecule has 1 aliphatic heterocycles. The third-order valence-electron chi connectivity index (χ3n) is 3.52. The summed E-state index contributed by atoms with van der Waals surface area (Å²) in [4.78, 5) is 0. The minimum Gasteiger partial charge on any atom is -0.388 e. The largest absolute Gasteiger partial charge is 0.388 e. The highest BCUT2D eigenvalue weighted by Crippen LogP contribution is 2.31. The summed E-state index contributed by atoms with van der Waals surface area (Å²) < 4.78 is 6.17. The summed E-state index contributed by atoms with van der Waals surface area (Å²) in [6, 6.07) is 0. The molecule has 6 heteroatoms. The number of terminal acetylenes is 1. The number of hydrogen-bond acceptors (Lipinski definition) is 6. The van der Waals surface area contributed by atoms with Crippen molar-refractivity contribution in [2.24, 2.45) is 0 Å². The van der Waals surface area contributed by atoms with Crippen LogP contribution in [0.25, 0.3) is 0 Å². The fourth-order valence-electron chi connectivity index (χ4n) is 2.44. The smallest absolute Gasteiger partial charge is 0.111 e. The number of hydrogen-bond donors (Lipinski definition) is 3. The Bertz CT molecular complexity index is 328. The van der Waals surface area contributed by atoms with Gasteiger partial charge in [-0.25, -0.2) is 0 Å². The van der Waals surface area contributed by atoms with Gasteiger partial charge in [-0.2, -0.15) is 0 Å². The van der Waals surface area contributed by atoms with E-state index in [4.69, 9.17) is 11.2 Å². The van der Waals surface area contributed by atoms with Crippen LogP contribution in [0.5, 0.6) is 0 Å². The van der Waals surface area contributed by atoms with E-state index in [2.05, 4.69) is 19.8 Å². The van der Waals surface area contributed by atoms with Crippen molar-refractivity contribution in [3.63, 3.8) is 0 Å². The Morgan fingerprint density at radius 1 is 1.05 bits per heavy atom. The molecule has 1 aliphatic rings. The average molecular weight is 335 g/mol. The van der Waals surface area contributed by atoms with E-state index in [0.29, 0.717) is 11.0 Å². The Balaban J connectivity index is 2.57. The van der Waals surface area contributed by atoms with Crippen molar-refractivity contribution < 1.29 is 20.1 Å². The van der Waals surface area contributed by atoms with Gasteiger partial charge in [0.15, 0.2) is 0 Å². The van der Waals surface area contributed by atoms with Gasteiger partial charge >= 0.3 is 0 Å². The van der Waals surface area contributed by atoms with Crippen LogP contribution < -0.4 is 0 Å². The second kappa shape index (κ2) is 9.98. The first-order chi connectivity index (χ1) is 10.0. The zero-order valence-electron chi connectivity index (χ0n) is 12.6. The molecule has 1 rings (SSSR count). The van der Waals surface area contributed by atoms with E-state index in [1.807, 2.05) is 23.5 Å². The molecule has 0 amide bonds. The molecule has 0 spiro atoms. The van der Waals surface area contributed by atoms with Crippen LogP contribution in [0.3, 0.4) is 0 Å². The average Bonchev–Trinajstić information content (AvgIpc) is 2.47. The fraction of sp³-hybridized carbons (Fsp3) is 0.867. The van der Waals surface area contributed by atoms with Gasteiger partial charge in [0.2, 0.25) is 0 Å². The predicted molar refractivity (Wildman–Crippen MR) is 89.4 cm³/mol. The predicted octanol–water partition coefficient (Wildman–Crippen LogP) is 1.47. The molecule has 4 nitrogen and oxygen atoms in total. The van der Waals surface area contributed by atoms with Gasteiger partial charge in [0.1, 0.15) is 18.3 Å². The van der Waals surface area contributed by atoms with Gasteiger partial charge in [-0.3, -0.25) is 0 Å². The molecule has 0 aromatic rings. The van der Waals surface area contributed by atoms with Crippen LogP contribution in [0, 0.1) is 12.3 Å². The first-order valence-corrected chi connectivity index (χ1v) is 9.51. The molecule has 5 atom stereocenters. The molecular weight excluding hydrogens is 308 g/mol. The van der Waals surface area contributed by atoms with Crippen LogP contribution in [0.2, 0.25) is 0 Å². The quantitative estimate of drug-likeness (QED) is 0.461. The first-order valence-electron chi connectivity index (χ1n) is 7.41. The van der Waals surface area contributed by atoms with Crippen LogP contribution >= 0.6 is 23.5 Å². The third-order valence-corrected chi connectivity index (χ3v) is 6.22. The lowest BCUT2D eigenvalue weighted by Crippen LogP contribution is -2.57. The standard InChI is InChI=1S/C15H26O4S2/c1-4-7-10-13(16)15(18)14(17)11(19-10)8-9-12(20-5-2)21-6-3/h1,10-18H,5-9H2,2-3H3/t10-,11+,13-,14+,15+/m0/s1. The van der Waals surface area contributed by atoms with Crippen LogP contribution in [0.4, 0.5) is 0 Å². The Hall–Kier alpha value is 0.1000. The highest BCUT2D eigenvalue weighted by atomic mass is 32.2. The SMILES string of the molecule is C#CC[C@@H]1O[C@H](CCC(SCC)SCC)[C@@H](O)[C@H](O)[C@H]1O. The molecular formula is C15H26O4S2. The number of thioether (sulfide) groups is 2. The van der Waals surface area contributed by atoms with Gasteiger partial charge in [-0.1, -0.05) is 13.8 Å². The summed E-state index contributed by atoms with van der Waals surface area (Å²) in [6.07, 6.45) is 2.57. The van der Waals surface area contributed by atoms with Crippen LogP contribution in [-0.2, 0) is 4.74 Å². The molecule has 3 N–H and O–H groups in total. The summed E-state index contributed by atoms with van der Waals surface area (Å²) in [5, 5.41) is 29.9. The highest BCUT2D eigenvalue weighted by molar-refractivity contribution is 8.16. The van der Waals surface area contributed by atoms with E-state index in [1.165, 1.54) is 0 Å². The zero-order valence-corrected chi connectivity index (χ0v) is 14.3. The van der Waals surface area contributed by atoms with Crippen LogP contribution in [-0.4, -0.2) is 61.9 Å². The first kappa shape index (κ1) is 19.1. The molecule has 1 saturated heterocycles. The van der Waals surface area contributed by atoms with Gasteiger partial charge < -0.3 is 20.1 Å². The monoisotopic (exact) mass is 334 g/mol. The third kappa shape index (κ3) is 5.66. The minimum absolute atomic E-state index is 0.234. The van der Waals surface area contributed by atoms with Gasteiger partial charge in [-0.05, 0) is 24.3 Å². The van der Waals surface area contributed by atoms with Gasteiger partial charge in [0, 0.05) is 6.42 Å². The maximum absolute atomic E-state index is 10.1. The second-order valence-corrected chi connectivity index (χ2v) is 8.27. The molecule has 0 radical (unpaired) electrons. The zero-order chi connectivity index (χ0) is 15.8. The normalized spacial score (nSPS) is 33.1. The highest BCUT2D eigenvalue weighted by Gasteiger charge is 2.42. The molecule has 21 heavy (non-hydrogen) atoms. The van der Waals surface area contributed by atoms with E-state index in [9.17, 15) is 15.3 Å². The molecule has 1 fully saturated rings. The second-order valence-electron chi connectivity index (χ2n) is 5.01. The summed E-state index contributed by atoms with van der Waals surface area (Å²) in [6.45, 7) is 4.26. The molecule has 0 unspecified atom stereocenters. The topological polar surface area (TPSA) is 69.9 Å². The lowest BCUT2D eigenvalue weighted by atomic mass is 9.91. The maximum Gasteiger partial charge on any atom is 0.111 e. The number of aliphatic hydroxyl groups is 3. The molecule has 0 aromatic heterocycles. The molecule has 0 saturated carbocycles. The van der Waals surface area contributed by atoms with Crippen molar-refractivity contribution in [3.8, 4) is 12.3 Å². The Kier molecular flexibility index (Phi) is 9.10. The van der Waals surface area contributed by atoms with Gasteiger partial charge in [-0.15, -0.1) is 35.9 Å². The summed E-state index contributed by atoms with van der Waals surface area (Å²) in [5.41, 5.74) is 0. The van der Waals surface area contributed by atoms with Crippen molar-refractivity contribution >= 4 is 23.5 Å². The molecule has 0 aliphatic carbocycles. The maximum atomic E-state index is 10.1. The van der Waals surface area contributed by atoms with E-state index >= 15 is 0 Å². The molecule has 1 heterocycles. The van der Waals surface area contributed by atoms with Crippen molar-refractivity contribution in [2.75, 3.05) is 11.5 Å². The van der Waals surface area contributed by atoms with Crippen molar-refractivity contribution in [3.05, 3.63) is 0 Å². The van der Waals surface area contributed by atoms with Crippen molar-refractivity contribution in [2.45, 2.75) is 68.2 Å². The fourth-order valence-corrected chi connectivity index (χ4v) is 4.99. The molecule has 0 aromatic carbocycles.